The summed E-state index contributed by atoms with van der Waals surface area (Å²) in [6.07, 6.45) is 3.76. The van der Waals surface area contributed by atoms with Crippen LogP contribution in [0.3, 0.4) is 0 Å². The number of carbonyl (C=O) groups is 2. The van der Waals surface area contributed by atoms with Crippen molar-refractivity contribution in [2.75, 3.05) is 39.8 Å². The van der Waals surface area contributed by atoms with Crippen LogP contribution < -0.4 is 5.32 Å². The summed E-state index contributed by atoms with van der Waals surface area (Å²) in [6.45, 7) is 9.89. The molecule has 1 aromatic carbocycles. The molecule has 7 heteroatoms. The van der Waals surface area contributed by atoms with E-state index in [0.29, 0.717) is 12.1 Å². The average Bonchev–Trinajstić information content (AvgIpc) is 2.80. The van der Waals surface area contributed by atoms with E-state index in [0.717, 1.165) is 67.9 Å². The lowest BCUT2D eigenvalue weighted by atomic mass is 9.96. The van der Waals surface area contributed by atoms with Crippen LogP contribution in [-0.4, -0.2) is 83.4 Å². The molecule has 182 valence electrons. The fraction of sp³-hybridized carbons (Fsp3) is 0.519. The van der Waals surface area contributed by atoms with Gasteiger partial charge in [0.05, 0.1) is 17.3 Å². The van der Waals surface area contributed by atoms with Crippen molar-refractivity contribution in [2.45, 2.75) is 51.7 Å². The summed E-state index contributed by atoms with van der Waals surface area (Å²) in [5.41, 5.74) is 3.72. The summed E-state index contributed by atoms with van der Waals surface area (Å²) in [5, 5.41) is 3.10. The van der Waals surface area contributed by atoms with Crippen LogP contribution in [0.5, 0.6) is 0 Å². The van der Waals surface area contributed by atoms with E-state index < -0.39 is 0 Å². The third kappa shape index (κ3) is 5.47. The fourth-order valence-electron chi connectivity index (χ4n) is 5.32. The Labute approximate surface area is 203 Å². The number of aromatic nitrogens is 1. The zero-order valence-electron chi connectivity index (χ0n) is 20.8. The maximum Gasteiger partial charge on any atom is 0.255 e. The molecule has 0 saturated carbocycles. The van der Waals surface area contributed by atoms with Gasteiger partial charge in [0.2, 0.25) is 5.91 Å². The Hall–Kier alpha value is -2.77. The predicted octanol–water partition coefficient (Wildman–Crippen LogP) is 2.80. The second-order valence-corrected chi connectivity index (χ2v) is 9.81. The normalized spacial score (nSPS) is 18.6. The molecule has 34 heavy (non-hydrogen) atoms. The molecule has 2 aliphatic heterocycles. The zero-order valence-corrected chi connectivity index (χ0v) is 20.8. The standard InChI is InChI=1S/C27H37N5O2/c1-19-10-13-28-20(2)26(19)27(34)32-14-11-23(12-15-32)30(4)24-16-31(17-24)18-25(29-21(3)33)22-8-6-5-7-9-22/h5-10,13,23-25H,11-12,14-18H2,1-4H3,(H,29,33). The van der Waals surface area contributed by atoms with Gasteiger partial charge in [0.25, 0.3) is 5.91 Å². The third-order valence-corrected chi connectivity index (χ3v) is 7.42. The second kappa shape index (κ2) is 10.7. The van der Waals surface area contributed by atoms with E-state index in [9.17, 15) is 9.59 Å². The van der Waals surface area contributed by atoms with E-state index in [1.807, 2.05) is 43.0 Å². The van der Waals surface area contributed by atoms with Crippen LogP contribution in [0, 0.1) is 13.8 Å². The summed E-state index contributed by atoms with van der Waals surface area (Å²) in [6, 6.07) is 13.1. The molecule has 2 aromatic rings. The van der Waals surface area contributed by atoms with Crippen LogP contribution in [0.25, 0.3) is 0 Å². The molecule has 1 N–H and O–H groups in total. The number of nitrogens with zero attached hydrogens (tertiary/aromatic N) is 4. The molecule has 0 aliphatic carbocycles. The number of hydrogen-bond acceptors (Lipinski definition) is 5. The molecule has 3 heterocycles. The monoisotopic (exact) mass is 463 g/mol. The lowest BCUT2D eigenvalue weighted by Crippen LogP contribution is -2.62. The number of rotatable bonds is 7. The number of benzene rings is 1. The maximum atomic E-state index is 13.1. The molecule has 2 amide bonds. The minimum atomic E-state index is 0.000947. The SMILES string of the molecule is CC(=O)NC(CN1CC(N(C)C2CCN(C(=O)c3c(C)ccnc3C)CC2)C1)c1ccccc1. The minimum absolute atomic E-state index is 0.000947. The Balaban J connectivity index is 1.27. The van der Waals surface area contributed by atoms with Crippen molar-refractivity contribution >= 4 is 11.8 Å². The molecule has 1 aromatic heterocycles. The topological polar surface area (TPSA) is 68.8 Å². The minimum Gasteiger partial charge on any atom is -0.348 e. The van der Waals surface area contributed by atoms with Gasteiger partial charge in [-0.25, -0.2) is 0 Å². The van der Waals surface area contributed by atoms with Crippen molar-refractivity contribution in [2.24, 2.45) is 0 Å². The largest absolute Gasteiger partial charge is 0.348 e. The van der Waals surface area contributed by atoms with Gasteiger partial charge in [0, 0.05) is 57.9 Å². The zero-order chi connectivity index (χ0) is 24.2. The summed E-state index contributed by atoms with van der Waals surface area (Å²) in [5.74, 6) is 0.116. The number of likely N-dealkylation sites (N-methyl/N-ethyl adjacent to an activating group) is 1. The van der Waals surface area contributed by atoms with E-state index in [4.69, 9.17) is 0 Å². The van der Waals surface area contributed by atoms with Crippen molar-refractivity contribution in [3.05, 3.63) is 65.0 Å². The number of likely N-dealkylation sites (tertiary alicyclic amines) is 2. The highest BCUT2D eigenvalue weighted by atomic mass is 16.2. The number of nitrogens with one attached hydrogen (secondary N) is 1. The average molecular weight is 464 g/mol. The number of piperidine rings is 1. The van der Waals surface area contributed by atoms with E-state index >= 15 is 0 Å². The first-order valence-corrected chi connectivity index (χ1v) is 12.3. The molecule has 0 spiro atoms. The lowest BCUT2D eigenvalue weighted by molar-refractivity contribution is -0.120. The number of amides is 2. The number of pyridine rings is 1. The van der Waals surface area contributed by atoms with Gasteiger partial charge in [0.1, 0.15) is 0 Å². The van der Waals surface area contributed by atoms with Crippen molar-refractivity contribution in [3.63, 3.8) is 0 Å². The predicted molar refractivity (Wildman–Crippen MR) is 134 cm³/mol. The van der Waals surface area contributed by atoms with Crippen LogP contribution in [0.1, 0.15) is 53.0 Å². The molecular weight excluding hydrogens is 426 g/mol. The van der Waals surface area contributed by atoms with Crippen LogP contribution in [0.15, 0.2) is 42.6 Å². The molecule has 2 fully saturated rings. The number of aryl methyl sites for hydroxylation is 2. The van der Waals surface area contributed by atoms with Crippen LogP contribution >= 0.6 is 0 Å². The smallest absolute Gasteiger partial charge is 0.255 e. The summed E-state index contributed by atoms with van der Waals surface area (Å²) in [4.78, 5) is 36.1. The van der Waals surface area contributed by atoms with E-state index in [1.165, 1.54) is 0 Å². The van der Waals surface area contributed by atoms with Gasteiger partial charge in [0.15, 0.2) is 0 Å². The van der Waals surface area contributed by atoms with Gasteiger partial charge in [-0.3, -0.25) is 24.4 Å². The Kier molecular flexibility index (Phi) is 7.63. The highest BCUT2D eigenvalue weighted by molar-refractivity contribution is 5.96. The third-order valence-electron chi connectivity index (χ3n) is 7.42. The molecule has 4 rings (SSSR count). The molecule has 1 unspecified atom stereocenters. The first-order valence-electron chi connectivity index (χ1n) is 12.3. The molecule has 0 radical (unpaired) electrons. The summed E-state index contributed by atoms with van der Waals surface area (Å²) >= 11 is 0. The number of hydrogen-bond donors (Lipinski definition) is 1. The van der Waals surface area contributed by atoms with E-state index in [-0.39, 0.29) is 17.9 Å². The first kappa shape index (κ1) is 24.4. The van der Waals surface area contributed by atoms with Gasteiger partial charge in [-0.05, 0) is 50.9 Å². The molecule has 1 atom stereocenters. The highest BCUT2D eigenvalue weighted by Crippen LogP contribution is 2.25. The van der Waals surface area contributed by atoms with E-state index in [1.54, 1.807) is 13.1 Å². The van der Waals surface area contributed by atoms with Crippen LogP contribution in [-0.2, 0) is 4.79 Å². The van der Waals surface area contributed by atoms with Gasteiger partial charge in [-0.2, -0.15) is 0 Å². The van der Waals surface area contributed by atoms with Gasteiger partial charge < -0.3 is 10.2 Å². The highest BCUT2D eigenvalue weighted by Gasteiger charge is 2.36. The summed E-state index contributed by atoms with van der Waals surface area (Å²) < 4.78 is 0. The van der Waals surface area contributed by atoms with Gasteiger partial charge in [-0.15, -0.1) is 0 Å². The quantitative estimate of drug-likeness (QED) is 0.684. The molecule has 0 bridgehead atoms. The van der Waals surface area contributed by atoms with Crippen LogP contribution in [0.4, 0.5) is 0 Å². The Morgan fingerprint density at radius 2 is 1.76 bits per heavy atom. The van der Waals surface area contributed by atoms with Crippen molar-refractivity contribution in [1.82, 2.24) is 25.0 Å². The van der Waals surface area contributed by atoms with Gasteiger partial charge >= 0.3 is 0 Å². The lowest BCUT2D eigenvalue weighted by Gasteiger charge is -2.49. The van der Waals surface area contributed by atoms with Crippen molar-refractivity contribution < 1.29 is 9.59 Å². The van der Waals surface area contributed by atoms with Gasteiger partial charge in [-0.1, -0.05) is 30.3 Å². The Bertz CT molecular complexity index is 977. The fourth-order valence-corrected chi connectivity index (χ4v) is 5.32. The molecule has 7 nitrogen and oxygen atoms in total. The van der Waals surface area contributed by atoms with E-state index in [2.05, 4.69) is 39.3 Å². The number of carbonyl (C=O) groups excluding carboxylic acids is 2. The summed E-state index contributed by atoms with van der Waals surface area (Å²) in [7, 11) is 2.22. The molecule has 2 aliphatic rings. The van der Waals surface area contributed by atoms with Crippen molar-refractivity contribution in [1.29, 1.82) is 0 Å². The van der Waals surface area contributed by atoms with Crippen molar-refractivity contribution in [3.8, 4) is 0 Å². The first-order chi connectivity index (χ1) is 16.3. The maximum absolute atomic E-state index is 13.1. The second-order valence-electron chi connectivity index (χ2n) is 9.81. The molecule has 2 saturated heterocycles. The molecular formula is C27H37N5O2. The Morgan fingerprint density at radius 3 is 2.38 bits per heavy atom. The van der Waals surface area contributed by atoms with Crippen LogP contribution in [0.2, 0.25) is 0 Å². The Morgan fingerprint density at radius 1 is 1.09 bits per heavy atom.